The van der Waals surface area contributed by atoms with Gasteiger partial charge in [0.15, 0.2) is 9.84 Å². The van der Waals surface area contributed by atoms with Crippen LogP contribution in [0.4, 0.5) is 10.1 Å². The minimum Gasteiger partial charge on any atom is -0.399 e. The van der Waals surface area contributed by atoms with E-state index in [1.807, 2.05) is 0 Å². The van der Waals surface area contributed by atoms with Crippen LogP contribution in [0.25, 0.3) is 0 Å². The first-order chi connectivity index (χ1) is 9.29. The van der Waals surface area contributed by atoms with Crippen LogP contribution < -0.4 is 5.73 Å². The van der Waals surface area contributed by atoms with E-state index in [9.17, 15) is 12.8 Å². The van der Waals surface area contributed by atoms with Crippen LogP contribution in [0, 0.1) is 12.7 Å². The van der Waals surface area contributed by atoms with E-state index in [4.69, 9.17) is 17.3 Å². The summed E-state index contributed by atoms with van der Waals surface area (Å²) in [6, 6.07) is 8.46. The van der Waals surface area contributed by atoms with E-state index < -0.39 is 21.4 Å². The summed E-state index contributed by atoms with van der Waals surface area (Å²) in [7, 11) is -3.68. The average molecular weight is 314 g/mol. The highest BCUT2D eigenvalue weighted by molar-refractivity contribution is 7.90. The van der Waals surface area contributed by atoms with E-state index in [2.05, 4.69) is 0 Å². The van der Waals surface area contributed by atoms with Gasteiger partial charge in [-0.2, -0.15) is 0 Å². The molecule has 0 aliphatic rings. The Labute approximate surface area is 122 Å². The van der Waals surface area contributed by atoms with Crippen molar-refractivity contribution in [1.29, 1.82) is 0 Å². The molecule has 2 aromatic carbocycles. The van der Waals surface area contributed by atoms with Crippen LogP contribution in [-0.4, -0.2) is 8.42 Å². The van der Waals surface area contributed by atoms with Crippen molar-refractivity contribution in [1.82, 2.24) is 0 Å². The van der Waals surface area contributed by atoms with Gasteiger partial charge >= 0.3 is 0 Å². The molecule has 2 aromatic rings. The molecule has 0 aromatic heterocycles. The molecule has 0 heterocycles. The van der Waals surface area contributed by atoms with Crippen molar-refractivity contribution in [2.45, 2.75) is 17.6 Å². The number of nitrogen functional groups attached to an aromatic ring is 1. The van der Waals surface area contributed by atoms with Crippen molar-refractivity contribution in [3.63, 3.8) is 0 Å². The summed E-state index contributed by atoms with van der Waals surface area (Å²) in [5.74, 6) is -1.05. The second-order valence-corrected chi connectivity index (χ2v) is 6.91. The summed E-state index contributed by atoms with van der Waals surface area (Å²) in [6.45, 7) is 1.67. The van der Waals surface area contributed by atoms with E-state index >= 15 is 0 Å². The van der Waals surface area contributed by atoms with Crippen molar-refractivity contribution >= 4 is 27.1 Å². The zero-order valence-corrected chi connectivity index (χ0v) is 12.3. The third-order valence-electron chi connectivity index (χ3n) is 2.90. The van der Waals surface area contributed by atoms with Gasteiger partial charge in [-0.3, -0.25) is 0 Å². The van der Waals surface area contributed by atoms with Gasteiger partial charge in [-0.25, -0.2) is 12.8 Å². The van der Waals surface area contributed by atoms with Gasteiger partial charge in [0.1, 0.15) is 5.82 Å². The molecule has 0 aliphatic carbocycles. The summed E-state index contributed by atoms with van der Waals surface area (Å²) < 4.78 is 38.4. The molecule has 0 radical (unpaired) electrons. The Hall–Kier alpha value is -1.59. The number of sulfone groups is 1. The molecular formula is C14H13ClFNO2S. The van der Waals surface area contributed by atoms with Gasteiger partial charge in [0.2, 0.25) is 0 Å². The lowest BCUT2D eigenvalue weighted by Crippen LogP contribution is -2.08. The molecule has 0 saturated carbocycles. The van der Waals surface area contributed by atoms with Crippen molar-refractivity contribution in [3.8, 4) is 0 Å². The number of benzene rings is 2. The van der Waals surface area contributed by atoms with Gasteiger partial charge in [0.25, 0.3) is 0 Å². The predicted molar refractivity (Wildman–Crippen MR) is 77.9 cm³/mol. The van der Waals surface area contributed by atoms with Crippen LogP contribution in [0.15, 0.2) is 41.3 Å². The zero-order chi connectivity index (χ0) is 14.9. The summed E-state index contributed by atoms with van der Waals surface area (Å²) in [6.07, 6.45) is 0. The second-order valence-electron chi connectivity index (χ2n) is 4.52. The number of rotatable bonds is 3. The van der Waals surface area contributed by atoms with E-state index in [0.717, 1.165) is 6.07 Å². The molecule has 2 N–H and O–H groups in total. The summed E-state index contributed by atoms with van der Waals surface area (Å²) in [5, 5.41) is 0.292. The Morgan fingerprint density at radius 3 is 2.60 bits per heavy atom. The van der Waals surface area contributed by atoms with Crippen LogP contribution in [0.3, 0.4) is 0 Å². The largest absolute Gasteiger partial charge is 0.399 e. The monoisotopic (exact) mass is 313 g/mol. The fourth-order valence-electron chi connectivity index (χ4n) is 1.89. The molecule has 6 heteroatoms. The summed E-state index contributed by atoms with van der Waals surface area (Å²) >= 11 is 5.77. The average Bonchev–Trinajstić information content (AvgIpc) is 2.36. The van der Waals surface area contributed by atoms with E-state index in [-0.39, 0.29) is 10.5 Å². The number of hydrogen-bond donors (Lipinski definition) is 1. The van der Waals surface area contributed by atoms with Gasteiger partial charge in [-0.1, -0.05) is 17.7 Å². The van der Waals surface area contributed by atoms with Crippen molar-refractivity contribution in [2.24, 2.45) is 0 Å². The lowest BCUT2D eigenvalue weighted by molar-refractivity contribution is 0.586. The third-order valence-corrected chi connectivity index (χ3v) is 4.94. The third kappa shape index (κ3) is 3.11. The van der Waals surface area contributed by atoms with Crippen LogP contribution in [-0.2, 0) is 15.6 Å². The van der Waals surface area contributed by atoms with Crippen molar-refractivity contribution in [3.05, 3.63) is 58.4 Å². The lowest BCUT2D eigenvalue weighted by atomic mass is 10.2. The molecule has 20 heavy (non-hydrogen) atoms. The zero-order valence-electron chi connectivity index (χ0n) is 10.7. The number of halogens is 2. The Morgan fingerprint density at radius 2 is 1.90 bits per heavy atom. The molecule has 0 spiro atoms. The Bertz CT molecular complexity index is 760. The molecule has 106 valence electrons. The minimum absolute atomic E-state index is 0.0410. The first kappa shape index (κ1) is 14.8. The Balaban J connectivity index is 2.46. The highest BCUT2D eigenvalue weighted by Gasteiger charge is 2.20. The highest BCUT2D eigenvalue weighted by Crippen LogP contribution is 2.24. The molecule has 0 atom stereocenters. The normalized spacial score (nSPS) is 11.6. The summed E-state index contributed by atoms with van der Waals surface area (Å²) in [5.41, 5.74) is 6.57. The fourth-order valence-corrected chi connectivity index (χ4v) is 3.74. The number of anilines is 1. The SMILES string of the molecule is Cc1ccc(N)cc1S(=O)(=O)Cc1cc(Cl)ccc1F. The Morgan fingerprint density at radius 1 is 1.20 bits per heavy atom. The molecule has 0 aliphatic heterocycles. The first-order valence-corrected chi connectivity index (χ1v) is 7.85. The van der Waals surface area contributed by atoms with E-state index in [0.29, 0.717) is 16.3 Å². The molecule has 0 unspecified atom stereocenters. The Kier molecular flexibility index (Phi) is 4.01. The maximum atomic E-state index is 13.6. The van der Waals surface area contributed by atoms with Gasteiger partial charge in [-0.15, -0.1) is 0 Å². The molecule has 2 rings (SSSR count). The van der Waals surface area contributed by atoms with Gasteiger partial charge in [-0.05, 0) is 42.8 Å². The van der Waals surface area contributed by atoms with Crippen LogP contribution in [0.5, 0.6) is 0 Å². The van der Waals surface area contributed by atoms with E-state index in [1.165, 1.54) is 18.2 Å². The molecule has 3 nitrogen and oxygen atoms in total. The minimum atomic E-state index is -3.68. The van der Waals surface area contributed by atoms with Crippen molar-refractivity contribution in [2.75, 3.05) is 5.73 Å². The van der Waals surface area contributed by atoms with Crippen LogP contribution in [0.2, 0.25) is 5.02 Å². The molecular weight excluding hydrogens is 301 g/mol. The topological polar surface area (TPSA) is 60.2 Å². The van der Waals surface area contributed by atoms with E-state index in [1.54, 1.807) is 19.1 Å². The smallest absolute Gasteiger partial charge is 0.182 e. The quantitative estimate of drug-likeness (QED) is 0.884. The molecule has 0 bridgehead atoms. The molecule has 0 amide bonds. The lowest BCUT2D eigenvalue weighted by Gasteiger charge is -2.09. The predicted octanol–water partition coefficient (Wildman–Crippen LogP) is 3.34. The maximum Gasteiger partial charge on any atom is 0.182 e. The fraction of sp³-hybridized carbons (Fsp3) is 0.143. The number of hydrogen-bond acceptors (Lipinski definition) is 3. The summed E-state index contributed by atoms with van der Waals surface area (Å²) in [4.78, 5) is 0.108. The van der Waals surface area contributed by atoms with Crippen LogP contribution >= 0.6 is 11.6 Å². The van der Waals surface area contributed by atoms with Crippen LogP contribution in [0.1, 0.15) is 11.1 Å². The first-order valence-electron chi connectivity index (χ1n) is 5.82. The maximum absolute atomic E-state index is 13.6. The number of aryl methyl sites for hydroxylation is 1. The van der Waals surface area contributed by atoms with Gasteiger partial charge < -0.3 is 5.73 Å². The van der Waals surface area contributed by atoms with Gasteiger partial charge in [0, 0.05) is 16.3 Å². The highest BCUT2D eigenvalue weighted by atomic mass is 35.5. The standard InChI is InChI=1S/C14H13ClFNO2S/c1-9-2-4-12(17)7-14(9)20(18,19)8-10-6-11(15)3-5-13(10)16/h2-7H,8,17H2,1H3. The van der Waals surface area contributed by atoms with Gasteiger partial charge in [0.05, 0.1) is 10.6 Å². The number of nitrogens with two attached hydrogens (primary N) is 1. The molecule has 0 fully saturated rings. The molecule has 0 saturated heterocycles. The second kappa shape index (κ2) is 5.42. The van der Waals surface area contributed by atoms with Crippen molar-refractivity contribution < 1.29 is 12.8 Å².